The number of ketones is 1. The Labute approximate surface area is 184 Å². The van der Waals surface area contributed by atoms with Crippen LogP contribution in [-0.4, -0.2) is 74.4 Å². The number of hydrogen-bond acceptors (Lipinski definition) is 5. The second-order valence-corrected chi connectivity index (χ2v) is 8.44. The van der Waals surface area contributed by atoms with Crippen molar-refractivity contribution in [1.82, 2.24) is 9.80 Å². The van der Waals surface area contributed by atoms with Gasteiger partial charge in [0, 0.05) is 63.1 Å². The molecule has 0 spiro atoms. The van der Waals surface area contributed by atoms with Crippen LogP contribution in [0.3, 0.4) is 0 Å². The summed E-state index contributed by atoms with van der Waals surface area (Å²) in [5.41, 5.74) is 5.11. The normalized spacial score (nSPS) is 16.6. The highest BCUT2D eigenvalue weighted by atomic mass is 16.5. The topological polar surface area (TPSA) is 53.1 Å². The molecule has 0 bridgehead atoms. The highest BCUT2D eigenvalue weighted by molar-refractivity contribution is 5.94. The molecule has 6 heteroatoms. The zero-order valence-corrected chi connectivity index (χ0v) is 18.5. The number of benzene rings is 2. The molecule has 0 atom stereocenters. The molecule has 1 fully saturated rings. The van der Waals surface area contributed by atoms with E-state index < -0.39 is 0 Å². The number of piperazine rings is 1. The van der Waals surface area contributed by atoms with Gasteiger partial charge in [-0.1, -0.05) is 6.07 Å². The Morgan fingerprint density at radius 3 is 2.39 bits per heavy atom. The summed E-state index contributed by atoms with van der Waals surface area (Å²) >= 11 is 0. The molecule has 6 nitrogen and oxygen atoms in total. The van der Waals surface area contributed by atoms with Gasteiger partial charge in [-0.25, -0.2) is 0 Å². The first-order chi connectivity index (χ1) is 15.0. The summed E-state index contributed by atoms with van der Waals surface area (Å²) in [4.78, 5) is 30.9. The van der Waals surface area contributed by atoms with Crippen molar-refractivity contribution in [3.05, 3.63) is 64.7 Å². The van der Waals surface area contributed by atoms with Gasteiger partial charge in [0.15, 0.2) is 5.78 Å². The molecule has 1 saturated heterocycles. The molecule has 0 saturated carbocycles. The predicted molar refractivity (Wildman–Crippen MR) is 122 cm³/mol. The molecular weight excluding hydrogens is 390 g/mol. The molecule has 2 heterocycles. The number of carbonyl (C=O) groups is 2. The number of hydrogen-bond donors (Lipinski definition) is 0. The highest BCUT2D eigenvalue weighted by Gasteiger charge is 2.20. The zero-order valence-electron chi connectivity index (χ0n) is 18.5. The van der Waals surface area contributed by atoms with E-state index in [0.29, 0.717) is 13.2 Å². The quantitative estimate of drug-likeness (QED) is 0.672. The maximum absolute atomic E-state index is 12.9. The van der Waals surface area contributed by atoms with Crippen molar-refractivity contribution >= 4 is 17.4 Å². The van der Waals surface area contributed by atoms with Gasteiger partial charge in [-0.15, -0.1) is 0 Å². The Morgan fingerprint density at radius 2 is 1.68 bits per heavy atom. The second-order valence-electron chi connectivity index (χ2n) is 8.44. The lowest BCUT2D eigenvalue weighted by Gasteiger charge is -2.36. The van der Waals surface area contributed by atoms with Crippen LogP contribution >= 0.6 is 0 Å². The van der Waals surface area contributed by atoms with E-state index in [2.05, 4.69) is 9.80 Å². The van der Waals surface area contributed by atoms with Crippen molar-refractivity contribution < 1.29 is 14.3 Å². The molecule has 164 valence electrons. The fourth-order valence-electron chi connectivity index (χ4n) is 4.25. The van der Waals surface area contributed by atoms with E-state index in [-0.39, 0.29) is 11.7 Å². The van der Waals surface area contributed by atoms with Crippen LogP contribution in [0, 0.1) is 0 Å². The Bertz CT molecular complexity index is 934. The number of Topliss-reactive ketones (excluding diaryl/α,β-unsaturated/α-hetero) is 1. The summed E-state index contributed by atoms with van der Waals surface area (Å²) in [6.07, 6.45) is 0.877. The van der Waals surface area contributed by atoms with E-state index in [9.17, 15) is 9.59 Å². The summed E-state index contributed by atoms with van der Waals surface area (Å²) in [5.74, 6) is 0.179. The van der Waals surface area contributed by atoms with Crippen LogP contribution in [-0.2, 0) is 17.8 Å². The first-order valence-corrected chi connectivity index (χ1v) is 11.0. The van der Waals surface area contributed by atoms with Crippen molar-refractivity contribution in [1.29, 1.82) is 0 Å². The molecule has 2 aromatic carbocycles. The van der Waals surface area contributed by atoms with E-state index in [0.717, 1.165) is 62.6 Å². The molecule has 0 unspecified atom stereocenters. The molecule has 4 rings (SSSR count). The minimum atomic E-state index is 0.0819. The van der Waals surface area contributed by atoms with Gasteiger partial charge in [0.1, 0.15) is 0 Å². The lowest BCUT2D eigenvalue weighted by atomic mass is 10.00. The first-order valence-electron chi connectivity index (χ1n) is 11.0. The number of rotatable bonds is 6. The Hall–Kier alpha value is -2.70. The fourth-order valence-corrected chi connectivity index (χ4v) is 4.25. The third-order valence-corrected chi connectivity index (χ3v) is 6.34. The third kappa shape index (κ3) is 5.14. The van der Waals surface area contributed by atoms with Gasteiger partial charge >= 0.3 is 0 Å². The average Bonchev–Trinajstić information content (AvgIpc) is 2.82. The van der Waals surface area contributed by atoms with Gasteiger partial charge in [0.2, 0.25) is 0 Å². The summed E-state index contributed by atoms with van der Waals surface area (Å²) in [6.45, 7) is 8.39. The first kappa shape index (κ1) is 21.5. The van der Waals surface area contributed by atoms with Gasteiger partial charge in [0.25, 0.3) is 5.91 Å². The van der Waals surface area contributed by atoms with E-state index in [4.69, 9.17) is 4.74 Å². The van der Waals surface area contributed by atoms with Crippen LogP contribution in [0.2, 0.25) is 0 Å². The smallest absolute Gasteiger partial charge is 0.253 e. The van der Waals surface area contributed by atoms with Crippen molar-refractivity contribution in [3.8, 4) is 0 Å². The van der Waals surface area contributed by atoms with Crippen LogP contribution in [0.1, 0.15) is 38.8 Å². The number of anilines is 1. The van der Waals surface area contributed by atoms with Gasteiger partial charge in [0.05, 0.1) is 13.2 Å². The van der Waals surface area contributed by atoms with Crippen LogP contribution in [0.5, 0.6) is 0 Å². The van der Waals surface area contributed by atoms with Crippen molar-refractivity contribution in [2.45, 2.75) is 20.0 Å². The minimum absolute atomic E-state index is 0.0819. The van der Waals surface area contributed by atoms with Gasteiger partial charge in [-0.2, -0.15) is 0 Å². The number of likely N-dealkylation sites (N-methyl/N-ethyl adjacent to an activating group) is 1. The van der Waals surface area contributed by atoms with Gasteiger partial charge in [-0.3, -0.25) is 14.5 Å². The molecular formula is C25H31N3O3. The molecule has 31 heavy (non-hydrogen) atoms. The van der Waals surface area contributed by atoms with Crippen LogP contribution in [0.4, 0.5) is 5.69 Å². The number of amides is 1. The van der Waals surface area contributed by atoms with Crippen molar-refractivity contribution in [2.75, 3.05) is 57.8 Å². The van der Waals surface area contributed by atoms with Crippen LogP contribution < -0.4 is 4.90 Å². The van der Waals surface area contributed by atoms with Crippen LogP contribution in [0.25, 0.3) is 0 Å². The summed E-state index contributed by atoms with van der Waals surface area (Å²) in [6, 6.07) is 13.8. The van der Waals surface area contributed by atoms with E-state index >= 15 is 0 Å². The molecule has 0 aliphatic carbocycles. The number of ether oxygens (including phenoxy) is 1. The van der Waals surface area contributed by atoms with Crippen molar-refractivity contribution in [3.63, 3.8) is 0 Å². The minimum Gasteiger partial charge on any atom is -0.376 e. The van der Waals surface area contributed by atoms with Gasteiger partial charge < -0.3 is 14.5 Å². The molecule has 2 aliphatic rings. The predicted octanol–water partition coefficient (Wildman–Crippen LogP) is 2.86. The molecule has 1 amide bonds. The Kier molecular flexibility index (Phi) is 6.68. The lowest BCUT2D eigenvalue weighted by Crippen LogP contribution is -2.48. The van der Waals surface area contributed by atoms with Crippen LogP contribution in [0.15, 0.2) is 42.5 Å². The maximum atomic E-state index is 12.9. The Balaban J connectivity index is 1.25. The van der Waals surface area contributed by atoms with E-state index in [1.54, 1.807) is 6.92 Å². The third-order valence-electron chi connectivity index (χ3n) is 6.34. The SMILES string of the molecule is CC(=O)c1ccc(N2CCN(CCN(C)C(=O)c3ccc4c(c3)CCOC4)CC2)cc1. The molecule has 0 N–H and O–H groups in total. The molecule has 0 aromatic heterocycles. The van der Waals surface area contributed by atoms with E-state index in [1.165, 1.54) is 11.1 Å². The zero-order chi connectivity index (χ0) is 21.8. The average molecular weight is 422 g/mol. The van der Waals surface area contributed by atoms with E-state index in [1.807, 2.05) is 54.4 Å². The molecule has 0 radical (unpaired) electrons. The lowest BCUT2D eigenvalue weighted by molar-refractivity contribution is 0.0775. The summed E-state index contributed by atoms with van der Waals surface area (Å²) in [5, 5.41) is 0. The van der Waals surface area contributed by atoms with Crippen molar-refractivity contribution in [2.24, 2.45) is 0 Å². The fraction of sp³-hybridized carbons (Fsp3) is 0.440. The maximum Gasteiger partial charge on any atom is 0.253 e. The summed E-state index contributed by atoms with van der Waals surface area (Å²) in [7, 11) is 1.89. The standard InChI is InChI=1S/C25H31N3O3/c1-19(29)20-5-7-24(8-6-20)28-14-12-27(13-15-28)11-10-26(2)25(30)22-3-4-23-18-31-16-9-21(23)17-22/h3-8,17H,9-16,18H2,1-2H3. The van der Waals surface area contributed by atoms with Gasteiger partial charge in [-0.05, 0) is 60.9 Å². The number of nitrogens with zero attached hydrogens (tertiary/aromatic N) is 3. The highest BCUT2D eigenvalue weighted by Crippen LogP contribution is 2.20. The monoisotopic (exact) mass is 421 g/mol. The summed E-state index contributed by atoms with van der Waals surface area (Å²) < 4.78 is 5.48. The number of fused-ring (bicyclic) bond motifs is 1. The number of carbonyl (C=O) groups excluding carboxylic acids is 2. The Morgan fingerprint density at radius 1 is 0.968 bits per heavy atom. The largest absolute Gasteiger partial charge is 0.376 e. The molecule has 2 aliphatic heterocycles. The molecule has 2 aromatic rings. The second kappa shape index (κ2) is 9.62.